The number of nitrogens with zero attached hydrogens (tertiary/aromatic N) is 5. The molecule has 32 heavy (non-hydrogen) atoms. The highest BCUT2D eigenvalue weighted by atomic mass is 32.2. The highest BCUT2D eigenvalue weighted by molar-refractivity contribution is 8.00. The molecule has 1 aliphatic heterocycles. The molecule has 1 N–H and O–H groups in total. The molecule has 0 unspecified atom stereocenters. The third kappa shape index (κ3) is 4.94. The van der Waals surface area contributed by atoms with Gasteiger partial charge in [-0.1, -0.05) is 0 Å². The van der Waals surface area contributed by atoms with Gasteiger partial charge in [0.25, 0.3) is 0 Å². The van der Waals surface area contributed by atoms with E-state index in [1.807, 2.05) is 6.07 Å². The van der Waals surface area contributed by atoms with E-state index in [4.69, 9.17) is 0 Å². The van der Waals surface area contributed by atoms with Crippen molar-refractivity contribution in [2.75, 3.05) is 38.1 Å². The normalized spacial score (nSPS) is 15.3. The van der Waals surface area contributed by atoms with E-state index in [1.165, 1.54) is 35.0 Å². The average Bonchev–Trinajstić information content (AvgIpc) is 3.02. The standard InChI is InChI=1S/C21H22F3N5O2S/c1-26-8-10-27(11-9-26)18-12-25-7-6-15(18)13-28-14-19(30)29(20(28)31)16-2-4-17(5-3-16)32-21(22,23)24/h2-7,12,14,30H,8-11,13H2,1H3. The van der Waals surface area contributed by atoms with Crippen LogP contribution in [0.2, 0.25) is 0 Å². The van der Waals surface area contributed by atoms with Crippen LogP contribution in [0.5, 0.6) is 5.88 Å². The average molecular weight is 466 g/mol. The Morgan fingerprint density at radius 2 is 1.78 bits per heavy atom. The van der Waals surface area contributed by atoms with E-state index in [-0.39, 0.29) is 34.8 Å². The summed E-state index contributed by atoms with van der Waals surface area (Å²) < 4.78 is 40.1. The highest BCUT2D eigenvalue weighted by Crippen LogP contribution is 2.37. The summed E-state index contributed by atoms with van der Waals surface area (Å²) >= 11 is -0.233. The minimum atomic E-state index is -4.39. The number of alkyl halides is 3. The van der Waals surface area contributed by atoms with Crippen LogP contribution in [0.15, 0.2) is 58.6 Å². The third-order valence-electron chi connectivity index (χ3n) is 5.34. The first kappa shape index (κ1) is 22.3. The molecular weight excluding hydrogens is 443 g/mol. The van der Waals surface area contributed by atoms with Gasteiger partial charge in [-0.05, 0) is 54.7 Å². The number of rotatable bonds is 5. The minimum Gasteiger partial charge on any atom is -0.493 e. The van der Waals surface area contributed by atoms with E-state index in [0.29, 0.717) is 0 Å². The van der Waals surface area contributed by atoms with E-state index >= 15 is 0 Å². The van der Waals surface area contributed by atoms with Gasteiger partial charge < -0.3 is 14.9 Å². The van der Waals surface area contributed by atoms with Crippen LogP contribution in [0, 0.1) is 0 Å². The number of pyridine rings is 1. The Hall–Kier alpha value is -2.92. The fourth-order valence-electron chi connectivity index (χ4n) is 3.70. The lowest BCUT2D eigenvalue weighted by molar-refractivity contribution is -0.0328. The molecule has 0 saturated carbocycles. The van der Waals surface area contributed by atoms with E-state index in [9.17, 15) is 23.1 Å². The summed E-state index contributed by atoms with van der Waals surface area (Å²) in [5.41, 5.74) is -2.77. The Bertz CT molecular complexity index is 1140. The maximum atomic E-state index is 13.0. The van der Waals surface area contributed by atoms with Crippen molar-refractivity contribution in [2.24, 2.45) is 0 Å². The zero-order valence-electron chi connectivity index (χ0n) is 17.3. The van der Waals surface area contributed by atoms with Crippen molar-refractivity contribution in [2.45, 2.75) is 16.9 Å². The first-order valence-electron chi connectivity index (χ1n) is 9.95. The lowest BCUT2D eigenvalue weighted by Crippen LogP contribution is -2.45. The number of piperazine rings is 1. The quantitative estimate of drug-likeness (QED) is 0.584. The van der Waals surface area contributed by atoms with Gasteiger partial charge in [-0.2, -0.15) is 13.2 Å². The van der Waals surface area contributed by atoms with Crippen molar-refractivity contribution in [1.29, 1.82) is 0 Å². The van der Waals surface area contributed by atoms with Gasteiger partial charge in [0.1, 0.15) is 0 Å². The van der Waals surface area contributed by atoms with Crippen LogP contribution in [0.25, 0.3) is 5.69 Å². The molecule has 1 fully saturated rings. The summed E-state index contributed by atoms with van der Waals surface area (Å²) in [5.74, 6) is -0.290. The summed E-state index contributed by atoms with van der Waals surface area (Å²) in [6.07, 6.45) is 4.77. The van der Waals surface area contributed by atoms with E-state index in [0.717, 1.165) is 42.0 Å². The van der Waals surface area contributed by atoms with Gasteiger partial charge in [-0.25, -0.2) is 9.36 Å². The lowest BCUT2D eigenvalue weighted by Gasteiger charge is -2.34. The number of halogens is 3. The highest BCUT2D eigenvalue weighted by Gasteiger charge is 2.29. The number of benzene rings is 1. The van der Waals surface area contributed by atoms with Gasteiger partial charge >= 0.3 is 11.2 Å². The monoisotopic (exact) mass is 465 g/mol. The number of aromatic nitrogens is 3. The molecule has 0 amide bonds. The molecule has 1 saturated heterocycles. The Morgan fingerprint density at radius 1 is 1.09 bits per heavy atom. The van der Waals surface area contributed by atoms with Crippen molar-refractivity contribution in [1.82, 2.24) is 19.0 Å². The van der Waals surface area contributed by atoms with Crippen LogP contribution in [0.3, 0.4) is 0 Å². The van der Waals surface area contributed by atoms with Crippen LogP contribution < -0.4 is 10.6 Å². The number of aromatic hydroxyl groups is 1. The van der Waals surface area contributed by atoms with Gasteiger partial charge in [-0.3, -0.25) is 9.55 Å². The molecule has 3 heterocycles. The number of hydrogen-bond donors (Lipinski definition) is 1. The molecule has 1 aliphatic rings. The third-order valence-corrected chi connectivity index (χ3v) is 6.08. The van der Waals surface area contributed by atoms with Gasteiger partial charge in [0.2, 0.25) is 5.88 Å². The first-order valence-corrected chi connectivity index (χ1v) is 10.8. The molecule has 1 aromatic carbocycles. The van der Waals surface area contributed by atoms with Crippen molar-refractivity contribution in [3.8, 4) is 11.6 Å². The predicted molar refractivity (Wildman–Crippen MR) is 117 cm³/mol. The maximum Gasteiger partial charge on any atom is 0.446 e. The van der Waals surface area contributed by atoms with Crippen LogP contribution >= 0.6 is 11.8 Å². The number of thioether (sulfide) groups is 1. The van der Waals surface area contributed by atoms with E-state index in [2.05, 4.69) is 21.8 Å². The SMILES string of the molecule is CN1CCN(c2cnccc2Cn2cc(O)n(-c3ccc(SC(F)(F)F)cc3)c2=O)CC1. The van der Waals surface area contributed by atoms with E-state index < -0.39 is 11.2 Å². The number of likely N-dealkylation sites (N-methyl/N-ethyl adjacent to an activating group) is 1. The summed E-state index contributed by atoms with van der Waals surface area (Å²) in [6, 6.07) is 7.14. The van der Waals surface area contributed by atoms with Crippen molar-refractivity contribution >= 4 is 17.4 Å². The molecule has 0 radical (unpaired) electrons. The minimum absolute atomic E-state index is 0.00169. The maximum absolute atomic E-state index is 13.0. The molecule has 170 valence electrons. The molecule has 3 aromatic rings. The van der Waals surface area contributed by atoms with Crippen LogP contribution in [-0.4, -0.2) is 62.9 Å². The molecule has 4 rings (SSSR count). The first-order chi connectivity index (χ1) is 15.2. The second kappa shape index (κ2) is 8.91. The van der Waals surface area contributed by atoms with Gasteiger partial charge in [0.05, 0.1) is 30.3 Å². The second-order valence-electron chi connectivity index (χ2n) is 7.57. The lowest BCUT2D eigenvalue weighted by atomic mass is 10.2. The number of anilines is 1. The van der Waals surface area contributed by atoms with Gasteiger partial charge in [-0.15, -0.1) is 0 Å². The van der Waals surface area contributed by atoms with Gasteiger partial charge in [0.15, 0.2) is 0 Å². The second-order valence-corrected chi connectivity index (χ2v) is 8.71. The predicted octanol–water partition coefficient (Wildman–Crippen LogP) is 3.15. The largest absolute Gasteiger partial charge is 0.493 e. The molecule has 0 aliphatic carbocycles. The number of hydrogen-bond acceptors (Lipinski definition) is 6. The number of imidazole rings is 1. The summed E-state index contributed by atoms with van der Waals surface area (Å²) in [6.45, 7) is 3.77. The Balaban J connectivity index is 1.59. The Morgan fingerprint density at radius 3 is 2.44 bits per heavy atom. The topological polar surface area (TPSA) is 66.5 Å². The fourth-order valence-corrected chi connectivity index (χ4v) is 4.24. The van der Waals surface area contributed by atoms with Crippen LogP contribution in [0.1, 0.15) is 5.56 Å². The van der Waals surface area contributed by atoms with E-state index in [1.54, 1.807) is 12.4 Å². The molecule has 7 nitrogen and oxygen atoms in total. The van der Waals surface area contributed by atoms with Crippen molar-refractivity contribution in [3.63, 3.8) is 0 Å². The molecule has 0 bridgehead atoms. The smallest absolute Gasteiger partial charge is 0.446 e. The Labute approximate surface area is 186 Å². The Kier molecular flexibility index (Phi) is 6.20. The van der Waals surface area contributed by atoms with Crippen molar-refractivity contribution in [3.05, 3.63) is 65.0 Å². The molecule has 2 aromatic heterocycles. The zero-order chi connectivity index (χ0) is 22.9. The summed E-state index contributed by atoms with van der Waals surface area (Å²) in [4.78, 5) is 21.7. The molecule has 0 spiro atoms. The van der Waals surface area contributed by atoms with Crippen LogP contribution in [0.4, 0.5) is 18.9 Å². The molecule has 0 atom stereocenters. The summed E-state index contributed by atoms with van der Waals surface area (Å²) in [7, 11) is 2.07. The van der Waals surface area contributed by atoms with Crippen LogP contribution in [-0.2, 0) is 6.54 Å². The van der Waals surface area contributed by atoms with Gasteiger partial charge in [0, 0.05) is 37.3 Å². The zero-order valence-corrected chi connectivity index (χ0v) is 18.1. The summed E-state index contributed by atoms with van der Waals surface area (Å²) in [5, 5.41) is 10.4. The molecular formula is C21H22F3N5O2S. The van der Waals surface area contributed by atoms with Crippen molar-refractivity contribution < 1.29 is 18.3 Å². The molecule has 11 heteroatoms. The fraction of sp³-hybridized carbons (Fsp3) is 0.333.